The number of nitrogens with one attached hydrogen (secondary N) is 1. The summed E-state index contributed by atoms with van der Waals surface area (Å²) in [7, 11) is 0. The second kappa shape index (κ2) is 9.85. The highest BCUT2D eigenvalue weighted by Gasteiger charge is 2.12. The highest BCUT2D eigenvalue weighted by molar-refractivity contribution is 8.01. The van der Waals surface area contributed by atoms with Crippen molar-refractivity contribution in [2.45, 2.75) is 38.0 Å². The lowest BCUT2D eigenvalue weighted by Crippen LogP contribution is -2.16. The molecule has 0 bridgehead atoms. The molecule has 6 heteroatoms. The number of benzene rings is 2. The number of rotatable bonds is 8. The van der Waals surface area contributed by atoms with Crippen molar-refractivity contribution in [2.75, 3.05) is 11.1 Å². The Labute approximate surface area is 179 Å². The number of nitrogens with zero attached hydrogens (tertiary/aromatic N) is 1. The van der Waals surface area contributed by atoms with E-state index in [1.165, 1.54) is 28.7 Å². The first-order chi connectivity index (χ1) is 14.0. The first-order valence-electron chi connectivity index (χ1n) is 9.51. The van der Waals surface area contributed by atoms with Crippen molar-refractivity contribution < 1.29 is 9.59 Å². The van der Waals surface area contributed by atoms with Crippen LogP contribution in [0.1, 0.15) is 39.7 Å². The van der Waals surface area contributed by atoms with E-state index in [0.29, 0.717) is 5.75 Å². The fourth-order valence-corrected chi connectivity index (χ4v) is 4.67. The first-order valence-corrected chi connectivity index (χ1v) is 11.4. The Morgan fingerprint density at radius 3 is 2.41 bits per heavy atom. The number of thiazole rings is 1. The van der Waals surface area contributed by atoms with Crippen molar-refractivity contribution in [3.8, 4) is 0 Å². The second-order valence-electron chi connectivity index (χ2n) is 6.86. The van der Waals surface area contributed by atoms with Gasteiger partial charge in [0.15, 0.2) is 10.1 Å². The maximum atomic E-state index is 12.4. The van der Waals surface area contributed by atoms with Crippen LogP contribution in [0.25, 0.3) is 0 Å². The molecule has 3 rings (SSSR count). The van der Waals surface area contributed by atoms with E-state index in [9.17, 15) is 9.59 Å². The summed E-state index contributed by atoms with van der Waals surface area (Å²) in [5, 5.41) is 4.86. The van der Waals surface area contributed by atoms with E-state index in [1.807, 2.05) is 61.7 Å². The van der Waals surface area contributed by atoms with Crippen molar-refractivity contribution in [2.24, 2.45) is 0 Å². The van der Waals surface area contributed by atoms with Gasteiger partial charge in [-0.25, -0.2) is 4.98 Å². The van der Waals surface area contributed by atoms with Gasteiger partial charge in [-0.3, -0.25) is 9.59 Å². The summed E-state index contributed by atoms with van der Waals surface area (Å²) in [6, 6.07) is 13.7. The number of anilines is 1. The SMILES string of the molecule is CCc1ccc(C(=O)CSc2nc(CC(=O)Nc3c(C)cccc3C)cs2)cc1. The number of carbonyl (C=O) groups is 2. The van der Waals surface area contributed by atoms with Crippen molar-refractivity contribution in [3.05, 3.63) is 75.8 Å². The number of para-hydroxylation sites is 1. The van der Waals surface area contributed by atoms with Crippen LogP contribution in [0.2, 0.25) is 0 Å². The molecule has 0 aliphatic carbocycles. The first kappa shape index (κ1) is 21.3. The minimum atomic E-state index is -0.0867. The number of amides is 1. The number of Topliss-reactive ketones (excluding diaryl/α,β-unsaturated/α-hetero) is 1. The fraction of sp³-hybridized carbons (Fsp3) is 0.261. The number of aromatic nitrogens is 1. The molecule has 0 fully saturated rings. The zero-order valence-electron chi connectivity index (χ0n) is 16.8. The summed E-state index contributed by atoms with van der Waals surface area (Å²) >= 11 is 2.88. The van der Waals surface area contributed by atoms with E-state index in [2.05, 4.69) is 17.2 Å². The van der Waals surface area contributed by atoms with Crippen LogP contribution in [-0.4, -0.2) is 22.4 Å². The van der Waals surface area contributed by atoms with Gasteiger partial charge in [0.25, 0.3) is 0 Å². The zero-order chi connectivity index (χ0) is 20.8. The molecule has 0 saturated carbocycles. The van der Waals surface area contributed by atoms with E-state index in [4.69, 9.17) is 0 Å². The summed E-state index contributed by atoms with van der Waals surface area (Å²) in [5.41, 5.74) is 5.61. The van der Waals surface area contributed by atoms with Crippen molar-refractivity contribution >= 4 is 40.5 Å². The zero-order valence-corrected chi connectivity index (χ0v) is 18.5. The lowest BCUT2D eigenvalue weighted by atomic mass is 10.1. The van der Waals surface area contributed by atoms with Gasteiger partial charge in [0, 0.05) is 16.6 Å². The van der Waals surface area contributed by atoms with Crippen LogP contribution in [0.15, 0.2) is 52.2 Å². The van der Waals surface area contributed by atoms with Crippen LogP contribution in [0.4, 0.5) is 5.69 Å². The molecule has 29 heavy (non-hydrogen) atoms. The van der Waals surface area contributed by atoms with Crippen LogP contribution in [0.3, 0.4) is 0 Å². The molecule has 0 unspecified atom stereocenters. The topological polar surface area (TPSA) is 59.1 Å². The van der Waals surface area contributed by atoms with Gasteiger partial charge in [-0.2, -0.15) is 0 Å². The summed E-state index contributed by atoms with van der Waals surface area (Å²) in [4.78, 5) is 29.3. The monoisotopic (exact) mass is 424 g/mol. The van der Waals surface area contributed by atoms with E-state index >= 15 is 0 Å². The predicted molar refractivity (Wildman–Crippen MR) is 121 cm³/mol. The van der Waals surface area contributed by atoms with Crippen LogP contribution in [0.5, 0.6) is 0 Å². The quantitative estimate of drug-likeness (QED) is 0.384. The highest BCUT2D eigenvalue weighted by atomic mass is 32.2. The van der Waals surface area contributed by atoms with Crippen LogP contribution >= 0.6 is 23.1 Å². The minimum Gasteiger partial charge on any atom is -0.325 e. The van der Waals surface area contributed by atoms with Gasteiger partial charge in [-0.15, -0.1) is 11.3 Å². The van der Waals surface area contributed by atoms with Gasteiger partial charge in [0.1, 0.15) is 0 Å². The third-order valence-corrected chi connectivity index (χ3v) is 6.70. The molecule has 1 aromatic heterocycles. The third kappa shape index (κ3) is 5.78. The number of hydrogen-bond acceptors (Lipinski definition) is 5. The summed E-state index contributed by atoms with van der Waals surface area (Å²) in [6.07, 6.45) is 1.18. The number of hydrogen-bond donors (Lipinski definition) is 1. The van der Waals surface area contributed by atoms with Crippen molar-refractivity contribution in [1.29, 1.82) is 0 Å². The Bertz CT molecular complexity index is 990. The normalized spacial score (nSPS) is 10.7. The Kier molecular flexibility index (Phi) is 7.23. The largest absolute Gasteiger partial charge is 0.325 e. The standard InChI is InChI=1S/C23H24N2O2S2/c1-4-17-8-10-18(11-9-17)20(26)14-29-23-24-19(13-28-23)12-21(27)25-22-15(2)6-5-7-16(22)3/h5-11,13H,4,12,14H2,1-3H3,(H,25,27). The molecular weight excluding hydrogens is 400 g/mol. The Morgan fingerprint density at radius 1 is 1.07 bits per heavy atom. The second-order valence-corrected chi connectivity index (χ2v) is 8.94. The molecule has 0 atom stereocenters. The summed E-state index contributed by atoms with van der Waals surface area (Å²) in [6.45, 7) is 6.05. The fourth-order valence-electron chi connectivity index (χ4n) is 2.93. The average Bonchev–Trinajstić information content (AvgIpc) is 3.16. The van der Waals surface area contributed by atoms with Crippen LogP contribution in [0, 0.1) is 13.8 Å². The van der Waals surface area contributed by atoms with Gasteiger partial charge in [-0.05, 0) is 37.0 Å². The maximum absolute atomic E-state index is 12.4. The predicted octanol–water partition coefficient (Wildman–Crippen LogP) is 5.48. The van der Waals surface area contributed by atoms with E-state index < -0.39 is 0 Å². The molecule has 2 aromatic carbocycles. The molecule has 0 aliphatic rings. The lowest BCUT2D eigenvalue weighted by molar-refractivity contribution is -0.115. The molecule has 0 saturated heterocycles. The van der Waals surface area contributed by atoms with E-state index in [1.54, 1.807) is 0 Å². The molecule has 4 nitrogen and oxygen atoms in total. The molecule has 1 N–H and O–H groups in total. The van der Waals surface area contributed by atoms with Crippen LogP contribution < -0.4 is 5.32 Å². The third-order valence-electron chi connectivity index (χ3n) is 4.63. The molecule has 0 aliphatic heterocycles. The Morgan fingerprint density at radius 2 is 1.76 bits per heavy atom. The smallest absolute Gasteiger partial charge is 0.230 e. The summed E-state index contributed by atoms with van der Waals surface area (Å²) in [5.74, 6) is 0.339. The highest BCUT2D eigenvalue weighted by Crippen LogP contribution is 2.25. The van der Waals surface area contributed by atoms with Gasteiger partial charge >= 0.3 is 0 Å². The molecule has 3 aromatic rings. The molecule has 1 amide bonds. The molecule has 0 radical (unpaired) electrons. The number of ketones is 1. The maximum Gasteiger partial charge on any atom is 0.230 e. The molecule has 1 heterocycles. The van der Waals surface area contributed by atoms with Gasteiger partial charge < -0.3 is 5.32 Å². The molecular formula is C23H24N2O2S2. The van der Waals surface area contributed by atoms with Gasteiger partial charge in [0.2, 0.25) is 5.91 Å². The van der Waals surface area contributed by atoms with Crippen LogP contribution in [-0.2, 0) is 17.6 Å². The number of carbonyl (C=O) groups excluding carboxylic acids is 2. The number of aryl methyl sites for hydroxylation is 3. The minimum absolute atomic E-state index is 0.0853. The Hall–Kier alpha value is -2.44. The van der Waals surface area contributed by atoms with E-state index in [-0.39, 0.29) is 18.1 Å². The molecule has 0 spiro atoms. The summed E-state index contributed by atoms with van der Waals surface area (Å²) < 4.78 is 0.804. The van der Waals surface area contributed by atoms with Crippen molar-refractivity contribution in [3.63, 3.8) is 0 Å². The van der Waals surface area contributed by atoms with Gasteiger partial charge in [0.05, 0.1) is 17.9 Å². The Balaban J connectivity index is 1.53. The number of thioether (sulfide) groups is 1. The molecule has 150 valence electrons. The van der Waals surface area contributed by atoms with E-state index in [0.717, 1.165) is 38.8 Å². The lowest BCUT2D eigenvalue weighted by Gasteiger charge is -2.10. The average molecular weight is 425 g/mol. The van der Waals surface area contributed by atoms with Crippen molar-refractivity contribution in [1.82, 2.24) is 4.98 Å². The van der Waals surface area contributed by atoms with Gasteiger partial charge in [-0.1, -0.05) is 61.2 Å².